The lowest BCUT2D eigenvalue weighted by Crippen LogP contribution is -2.14. The molecule has 7 heteroatoms. The van der Waals surface area contributed by atoms with Gasteiger partial charge in [0.1, 0.15) is 0 Å². The Hall–Kier alpha value is -1.60. The van der Waals surface area contributed by atoms with Crippen molar-refractivity contribution in [3.05, 3.63) is 29.6 Å². The number of hydrogen-bond donors (Lipinski definition) is 2. The predicted octanol–water partition coefficient (Wildman–Crippen LogP) is 2.15. The highest BCUT2D eigenvalue weighted by molar-refractivity contribution is 7.92. The van der Waals surface area contributed by atoms with Gasteiger partial charge in [0, 0.05) is 16.6 Å². The summed E-state index contributed by atoms with van der Waals surface area (Å²) in [4.78, 5) is 4.16. The predicted molar refractivity (Wildman–Crippen MR) is 75.0 cm³/mol. The Kier molecular flexibility index (Phi) is 3.53. The molecular weight excluding hydrogens is 270 g/mol. The molecule has 96 valence electrons. The molecule has 5 nitrogen and oxygen atoms in total. The Morgan fingerprint density at radius 2 is 2.00 bits per heavy atom. The fourth-order valence-electron chi connectivity index (χ4n) is 1.38. The van der Waals surface area contributed by atoms with Crippen molar-refractivity contribution >= 4 is 32.2 Å². The van der Waals surface area contributed by atoms with Gasteiger partial charge < -0.3 is 5.73 Å². The van der Waals surface area contributed by atoms with Gasteiger partial charge >= 0.3 is 0 Å². The smallest absolute Gasteiger partial charge is 0.232 e. The van der Waals surface area contributed by atoms with E-state index >= 15 is 0 Å². The van der Waals surface area contributed by atoms with Crippen LogP contribution in [0, 0.1) is 0 Å². The molecule has 0 spiro atoms. The Morgan fingerprint density at radius 3 is 2.50 bits per heavy atom. The molecule has 2 rings (SSSR count). The average Bonchev–Trinajstić information content (AvgIpc) is 2.76. The molecule has 1 heterocycles. The maximum absolute atomic E-state index is 11.4. The molecule has 0 fully saturated rings. The van der Waals surface area contributed by atoms with Crippen molar-refractivity contribution in [2.45, 2.75) is 6.92 Å². The molecule has 1 aromatic heterocycles. The van der Waals surface area contributed by atoms with E-state index in [1.165, 1.54) is 11.3 Å². The molecule has 0 radical (unpaired) electrons. The van der Waals surface area contributed by atoms with Crippen molar-refractivity contribution in [3.8, 4) is 11.3 Å². The topological polar surface area (TPSA) is 85.1 Å². The van der Waals surface area contributed by atoms with Gasteiger partial charge in [-0.2, -0.15) is 0 Å². The average molecular weight is 283 g/mol. The summed E-state index contributed by atoms with van der Waals surface area (Å²) in [7, 11) is -3.23. The lowest BCUT2D eigenvalue weighted by Gasteiger charge is -2.06. The van der Waals surface area contributed by atoms with E-state index in [-0.39, 0.29) is 5.75 Å². The maximum atomic E-state index is 11.4. The first-order valence-electron chi connectivity index (χ1n) is 5.32. The van der Waals surface area contributed by atoms with Crippen LogP contribution in [0.1, 0.15) is 6.92 Å². The molecule has 0 aliphatic heterocycles. The molecule has 2 aromatic rings. The molecule has 0 amide bonds. The molecule has 0 bridgehead atoms. The van der Waals surface area contributed by atoms with Gasteiger partial charge in [0.15, 0.2) is 5.13 Å². The third-order valence-corrected chi connectivity index (χ3v) is 4.34. The summed E-state index contributed by atoms with van der Waals surface area (Å²) in [6.07, 6.45) is 0. The lowest BCUT2D eigenvalue weighted by molar-refractivity contribution is 0.602. The van der Waals surface area contributed by atoms with E-state index in [0.717, 1.165) is 11.3 Å². The van der Waals surface area contributed by atoms with E-state index in [1.807, 2.05) is 17.5 Å². The largest absolute Gasteiger partial charge is 0.375 e. The van der Waals surface area contributed by atoms with Crippen LogP contribution in [0.25, 0.3) is 11.3 Å². The van der Waals surface area contributed by atoms with Crippen molar-refractivity contribution < 1.29 is 8.42 Å². The van der Waals surface area contributed by atoms with Gasteiger partial charge in [-0.1, -0.05) is 12.1 Å². The van der Waals surface area contributed by atoms with Crippen LogP contribution in [0.3, 0.4) is 0 Å². The van der Waals surface area contributed by atoms with Crippen LogP contribution in [-0.4, -0.2) is 19.2 Å². The second-order valence-electron chi connectivity index (χ2n) is 3.65. The zero-order valence-corrected chi connectivity index (χ0v) is 11.4. The minimum absolute atomic E-state index is 0.0529. The Morgan fingerprint density at radius 1 is 1.33 bits per heavy atom. The Balaban J connectivity index is 2.20. The minimum atomic E-state index is -3.23. The number of anilines is 2. The molecular formula is C11H13N3O2S2. The van der Waals surface area contributed by atoms with Gasteiger partial charge in [-0.3, -0.25) is 4.72 Å². The highest BCUT2D eigenvalue weighted by Gasteiger charge is 2.07. The van der Waals surface area contributed by atoms with Crippen LogP contribution in [0.15, 0.2) is 29.6 Å². The van der Waals surface area contributed by atoms with Crippen LogP contribution in [0.2, 0.25) is 0 Å². The zero-order valence-electron chi connectivity index (χ0n) is 9.75. The third kappa shape index (κ3) is 2.99. The summed E-state index contributed by atoms with van der Waals surface area (Å²) >= 11 is 1.37. The fraction of sp³-hybridized carbons (Fsp3) is 0.182. The lowest BCUT2D eigenvalue weighted by atomic mass is 10.1. The van der Waals surface area contributed by atoms with Crippen LogP contribution in [0.4, 0.5) is 10.8 Å². The summed E-state index contributed by atoms with van der Waals surface area (Å²) in [5, 5.41) is 2.38. The molecule has 0 unspecified atom stereocenters. The van der Waals surface area contributed by atoms with Crippen LogP contribution in [0.5, 0.6) is 0 Å². The maximum Gasteiger partial charge on any atom is 0.232 e. The second-order valence-corrected chi connectivity index (χ2v) is 6.55. The number of nitrogens with one attached hydrogen (secondary N) is 1. The molecule has 0 aliphatic rings. The van der Waals surface area contributed by atoms with E-state index in [1.54, 1.807) is 19.1 Å². The van der Waals surface area contributed by atoms with Gasteiger partial charge in [-0.15, -0.1) is 11.3 Å². The number of nitrogens with two attached hydrogens (primary N) is 1. The normalized spacial score (nSPS) is 11.4. The van der Waals surface area contributed by atoms with E-state index in [4.69, 9.17) is 5.73 Å². The highest BCUT2D eigenvalue weighted by Crippen LogP contribution is 2.24. The van der Waals surface area contributed by atoms with Gasteiger partial charge in [0.25, 0.3) is 0 Å². The SMILES string of the molecule is CCS(=O)(=O)Nc1ccc(-c2csc(N)n2)cc1. The number of benzene rings is 1. The molecule has 0 saturated carbocycles. The molecule has 18 heavy (non-hydrogen) atoms. The molecule has 0 saturated heterocycles. The number of aromatic nitrogens is 1. The number of nitrogens with zero attached hydrogens (tertiary/aromatic N) is 1. The van der Waals surface area contributed by atoms with Crippen LogP contribution >= 0.6 is 11.3 Å². The van der Waals surface area contributed by atoms with Crippen molar-refractivity contribution in [2.75, 3.05) is 16.2 Å². The molecule has 0 aliphatic carbocycles. The Bertz CT molecular complexity index is 633. The first kappa shape index (κ1) is 12.8. The first-order chi connectivity index (χ1) is 8.50. The van der Waals surface area contributed by atoms with Crippen molar-refractivity contribution in [1.82, 2.24) is 4.98 Å². The minimum Gasteiger partial charge on any atom is -0.375 e. The summed E-state index contributed by atoms with van der Waals surface area (Å²) in [5.41, 5.74) is 7.81. The fourth-order valence-corrected chi connectivity index (χ4v) is 2.59. The van der Waals surface area contributed by atoms with Gasteiger partial charge in [-0.05, 0) is 19.1 Å². The number of nitrogen functional groups attached to an aromatic ring is 1. The van der Waals surface area contributed by atoms with E-state index < -0.39 is 10.0 Å². The number of thiazole rings is 1. The molecule has 3 N–H and O–H groups in total. The van der Waals surface area contributed by atoms with Gasteiger partial charge in [0.05, 0.1) is 11.4 Å². The summed E-state index contributed by atoms with van der Waals surface area (Å²) < 4.78 is 25.3. The summed E-state index contributed by atoms with van der Waals surface area (Å²) in [6.45, 7) is 1.59. The third-order valence-electron chi connectivity index (χ3n) is 2.36. The van der Waals surface area contributed by atoms with Crippen LogP contribution < -0.4 is 10.5 Å². The quantitative estimate of drug-likeness (QED) is 0.900. The number of sulfonamides is 1. The summed E-state index contributed by atoms with van der Waals surface area (Å²) in [6, 6.07) is 7.03. The summed E-state index contributed by atoms with van der Waals surface area (Å²) in [5.74, 6) is 0.0529. The monoisotopic (exact) mass is 283 g/mol. The molecule has 0 atom stereocenters. The number of rotatable bonds is 4. The zero-order chi connectivity index (χ0) is 13.2. The van der Waals surface area contributed by atoms with E-state index in [9.17, 15) is 8.42 Å². The van der Waals surface area contributed by atoms with Gasteiger partial charge in [-0.25, -0.2) is 13.4 Å². The second kappa shape index (κ2) is 4.95. The number of hydrogen-bond acceptors (Lipinski definition) is 5. The van der Waals surface area contributed by atoms with Crippen molar-refractivity contribution in [2.24, 2.45) is 0 Å². The highest BCUT2D eigenvalue weighted by atomic mass is 32.2. The van der Waals surface area contributed by atoms with E-state index in [2.05, 4.69) is 9.71 Å². The van der Waals surface area contributed by atoms with Crippen molar-refractivity contribution in [3.63, 3.8) is 0 Å². The Labute approximate surface area is 110 Å². The van der Waals surface area contributed by atoms with Gasteiger partial charge in [0.2, 0.25) is 10.0 Å². The standard InChI is InChI=1S/C11H13N3O2S2/c1-2-18(15,16)14-9-5-3-8(4-6-9)10-7-17-11(12)13-10/h3-7,14H,2H2,1H3,(H2,12,13). The van der Waals surface area contributed by atoms with Crippen molar-refractivity contribution in [1.29, 1.82) is 0 Å². The molecule has 1 aromatic carbocycles. The van der Waals surface area contributed by atoms with Crippen LogP contribution in [-0.2, 0) is 10.0 Å². The first-order valence-corrected chi connectivity index (χ1v) is 7.85. The van der Waals surface area contributed by atoms with E-state index in [0.29, 0.717) is 10.8 Å².